The maximum absolute atomic E-state index is 12.5. The van der Waals surface area contributed by atoms with Gasteiger partial charge in [-0.2, -0.15) is 4.31 Å². The minimum atomic E-state index is -3.42. The molecule has 1 aliphatic rings. The normalized spacial score (nSPS) is 20.4. The fraction of sp³-hybridized carbons (Fsp3) is 0.538. The number of hydrogen-bond acceptors (Lipinski definition) is 3. The van der Waals surface area contributed by atoms with Crippen LogP contribution in [0.4, 0.5) is 5.69 Å². The van der Waals surface area contributed by atoms with Gasteiger partial charge in [-0.15, -0.1) is 0 Å². The van der Waals surface area contributed by atoms with Crippen molar-refractivity contribution in [2.24, 2.45) is 5.41 Å². The van der Waals surface area contributed by atoms with Crippen molar-refractivity contribution >= 4 is 31.6 Å². The molecule has 1 saturated heterocycles. The molecule has 2 rings (SSSR count). The summed E-state index contributed by atoms with van der Waals surface area (Å²) in [5.41, 5.74) is 6.43. The molecule has 1 aromatic carbocycles. The molecule has 0 bridgehead atoms. The lowest BCUT2D eigenvalue weighted by molar-refractivity contribution is 0.196. The van der Waals surface area contributed by atoms with Crippen molar-refractivity contribution in [1.82, 2.24) is 4.31 Å². The van der Waals surface area contributed by atoms with E-state index >= 15 is 0 Å². The lowest BCUT2D eigenvalue weighted by Crippen LogP contribution is -2.41. The maximum Gasteiger partial charge on any atom is 0.243 e. The van der Waals surface area contributed by atoms with Crippen LogP contribution in [0.5, 0.6) is 0 Å². The van der Waals surface area contributed by atoms with Crippen LogP contribution >= 0.6 is 15.9 Å². The Hall–Kier alpha value is -0.590. The predicted octanol–water partition coefficient (Wildman–Crippen LogP) is 2.84. The lowest BCUT2D eigenvalue weighted by atomic mass is 9.83. The van der Waals surface area contributed by atoms with E-state index in [9.17, 15) is 8.42 Å². The molecule has 0 atom stereocenters. The number of anilines is 1. The van der Waals surface area contributed by atoms with Crippen molar-refractivity contribution < 1.29 is 8.42 Å². The van der Waals surface area contributed by atoms with Gasteiger partial charge in [-0.05, 0) is 52.4 Å². The highest BCUT2D eigenvalue weighted by molar-refractivity contribution is 9.10. The summed E-state index contributed by atoms with van der Waals surface area (Å²) in [6.07, 6.45) is 1.77. The molecule has 6 heteroatoms. The van der Waals surface area contributed by atoms with E-state index in [1.54, 1.807) is 16.4 Å². The van der Waals surface area contributed by atoms with Crippen LogP contribution in [0.3, 0.4) is 0 Å². The Kier molecular flexibility index (Phi) is 3.95. The fourth-order valence-corrected chi connectivity index (χ4v) is 3.89. The smallest absolute Gasteiger partial charge is 0.243 e. The fourth-order valence-electron chi connectivity index (χ4n) is 2.16. The first-order valence-electron chi connectivity index (χ1n) is 6.28. The van der Waals surface area contributed by atoms with E-state index in [0.717, 1.165) is 12.8 Å². The van der Waals surface area contributed by atoms with E-state index in [0.29, 0.717) is 23.2 Å². The first kappa shape index (κ1) is 14.8. The largest absolute Gasteiger partial charge is 0.398 e. The van der Waals surface area contributed by atoms with Gasteiger partial charge in [0.15, 0.2) is 0 Å². The minimum Gasteiger partial charge on any atom is -0.398 e. The zero-order valence-corrected chi connectivity index (χ0v) is 13.6. The predicted molar refractivity (Wildman–Crippen MR) is 80.3 cm³/mol. The molecule has 0 unspecified atom stereocenters. The number of piperidine rings is 1. The highest BCUT2D eigenvalue weighted by atomic mass is 79.9. The Bertz CT molecular complexity index is 574. The second-order valence-corrected chi connectivity index (χ2v) is 8.54. The Morgan fingerprint density at radius 1 is 1.26 bits per heavy atom. The molecule has 0 aromatic heterocycles. The summed E-state index contributed by atoms with van der Waals surface area (Å²) in [7, 11) is -3.42. The average Bonchev–Trinajstić information content (AvgIpc) is 2.32. The number of nitrogen functional groups attached to an aromatic ring is 1. The average molecular weight is 347 g/mol. The highest BCUT2D eigenvalue weighted by Gasteiger charge is 2.32. The SMILES string of the molecule is CC1(C)CCN(S(=O)(=O)c2ccc(Br)c(N)c2)CC1. The van der Waals surface area contributed by atoms with Gasteiger partial charge in [0.1, 0.15) is 0 Å². The molecule has 0 radical (unpaired) electrons. The van der Waals surface area contributed by atoms with E-state index < -0.39 is 10.0 Å². The third-order valence-corrected chi connectivity index (χ3v) is 6.30. The summed E-state index contributed by atoms with van der Waals surface area (Å²) in [6.45, 7) is 5.50. The van der Waals surface area contributed by atoms with Crippen LogP contribution in [0.15, 0.2) is 27.6 Å². The molecular weight excluding hydrogens is 328 g/mol. The number of nitrogens with two attached hydrogens (primary N) is 1. The Morgan fingerprint density at radius 2 is 1.84 bits per heavy atom. The third-order valence-electron chi connectivity index (χ3n) is 3.68. The van der Waals surface area contributed by atoms with Crippen LogP contribution in [0.1, 0.15) is 26.7 Å². The van der Waals surface area contributed by atoms with Gasteiger partial charge >= 0.3 is 0 Å². The summed E-state index contributed by atoms with van der Waals surface area (Å²) in [5, 5.41) is 0. The van der Waals surface area contributed by atoms with Crippen LogP contribution in [0.25, 0.3) is 0 Å². The third kappa shape index (κ3) is 3.12. The van der Waals surface area contributed by atoms with Gasteiger partial charge in [-0.3, -0.25) is 0 Å². The van der Waals surface area contributed by atoms with Crippen LogP contribution < -0.4 is 5.73 Å². The summed E-state index contributed by atoms with van der Waals surface area (Å²) in [5.74, 6) is 0. The van der Waals surface area contributed by atoms with E-state index in [-0.39, 0.29) is 10.3 Å². The summed E-state index contributed by atoms with van der Waals surface area (Å²) >= 11 is 3.27. The summed E-state index contributed by atoms with van der Waals surface area (Å²) < 4.78 is 27.3. The van der Waals surface area contributed by atoms with Crippen molar-refractivity contribution in [2.75, 3.05) is 18.8 Å². The topological polar surface area (TPSA) is 63.4 Å². The molecule has 2 N–H and O–H groups in total. The first-order valence-corrected chi connectivity index (χ1v) is 8.51. The van der Waals surface area contributed by atoms with Crippen molar-refractivity contribution in [3.05, 3.63) is 22.7 Å². The van der Waals surface area contributed by atoms with Gasteiger partial charge < -0.3 is 5.73 Å². The van der Waals surface area contributed by atoms with Gasteiger partial charge in [-0.1, -0.05) is 13.8 Å². The monoisotopic (exact) mass is 346 g/mol. The molecular formula is C13H19BrN2O2S. The molecule has 1 heterocycles. The molecule has 4 nitrogen and oxygen atoms in total. The number of benzene rings is 1. The Labute approximate surface area is 123 Å². The van der Waals surface area contributed by atoms with E-state index in [2.05, 4.69) is 29.8 Å². The molecule has 0 amide bonds. The summed E-state index contributed by atoms with van der Waals surface area (Å²) in [6, 6.07) is 4.78. The number of halogens is 1. The van der Waals surface area contributed by atoms with Gasteiger partial charge in [-0.25, -0.2) is 8.42 Å². The van der Waals surface area contributed by atoms with Crippen molar-refractivity contribution in [3.63, 3.8) is 0 Å². The summed E-state index contributed by atoms with van der Waals surface area (Å²) in [4.78, 5) is 0.271. The van der Waals surface area contributed by atoms with Crippen LogP contribution in [-0.4, -0.2) is 25.8 Å². The highest BCUT2D eigenvalue weighted by Crippen LogP contribution is 2.33. The second-order valence-electron chi connectivity index (χ2n) is 5.75. The zero-order chi connectivity index (χ0) is 14.3. The molecule has 1 aromatic rings. The molecule has 0 saturated carbocycles. The van der Waals surface area contributed by atoms with Gasteiger partial charge in [0.25, 0.3) is 0 Å². The minimum absolute atomic E-state index is 0.227. The Morgan fingerprint density at radius 3 is 2.37 bits per heavy atom. The van der Waals surface area contributed by atoms with Crippen LogP contribution in [-0.2, 0) is 10.0 Å². The van der Waals surface area contributed by atoms with Crippen molar-refractivity contribution in [3.8, 4) is 0 Å². The molecule has 1 fully saturated rings. The van der Waals surface area contributed by atoms with E-state index in [1.165, 1.54) is 6.07 Å². The maximum atomic E-state index is 12.5. The first-order chi connectivity index (χ1) is 8.72. The van der Waals surface area contributed by atoms with Gasteiger partial charge in [0.05, 0.1) is 4.90 Å². The van der Waals surface area contributed by atoms with Crippen LogP contribution in [0.2, 0.25) is 0 Å². The molecule has 0 spiro atoms. The van der Waals surface area contributed by atoms with E-state index in [1.807, 2.05) is 0 Å². The number of nitrogens with zero attached hydrogens (tertiary/aromatic N) is 1. The zero-order valence-electron chi connectivity index (χ0n) is 11.2. The lowest BCUT2D eigenvalue weighted by Gasteiger charge is -2.36. The van der Waals surface area contributed by atoms with E-state index in [4.69, 9.17) is 5.73 Å². The standard InChI is InChI=1S/C13H19BrN2O2S/c1-13(2)5-7-16(8-6-13)19(17,18)10-3-4-11(14)12(15)9-10/h3-4,9H,5-8,15H2,1-2H3. The number of sulfonamides is 1. The second kappa shape index (κ2) is 5.07. The molecule has 106 valence electrons. The number of rotatable bonds is 2. The Balaban J connectivity index is 2.25. The quantitative estimate of drug-likeness (QED) is 0.837. The molecule has 19 heavy (non-hydrogen) atoms. The van der Waals surface area contributed by atoms with Gasteiger partial charge in [0.2, 0.25) is 10.0 Å². The van der Waals surface area contributed by atoms with Crippen molar-refractivity contribution in [1.29, 1.82) is 0 Å². The molecule has 1 aliphatic heterocycles. The van der Waals surface area contributed by atoms with Crippen LogP contribution in [0, 0.1) is 5.41 Å². The van der Waals surface area contributed by atoms with Crippen molar-refractivity contribution in [2.45, 2.75) is 31.6 Å². The number of hydrogen-bond donors (Lipinski definition) is 1. The van der Waals surface area contributed by atoms with Gasteiger partial charge in [0, 0.05) is 23.2 Å². The molecule has 0 aliphatic carbocycles.